The van der Waals surface area contributed by atoms with Crippen molar-refractivity contribution in [1.29, 1.82) is 0 Å². The number of H-pyrrole nitrogens is 1. The highest BCUT2D eigenvalue weighted by molar-refractivity contribution is 5.85. The summed E-state index contributed by atoms with van der Waals surface area (Å²) in [5, 5.41) is 0. The number of nitrogens with zero attached hydrogens (tertiary/aromatic N) is 1. The first-order valence-electron chi connectivity index (χ1n) is 3.38. The molecular weight excluding hydrogens is 140 g/mol. The summed E-state index contributed by atoms with van der Waals surface area (Å²) in [6.07, 6.45) is 4.23. The van der Waals surface area contributed by atoms with Gasteiger partial charge in [0.15, 0.2) is 0 Å². The third kappa shape index (κ3) is 1.55. The Morgan fingerprint density at radius 2 is 2.36 bits per heavy atom. The van der Waals surface area contributed by atoms with Crippen LogP contribution >= 0.6 is 0 Å². The number of carbonyl (C=O) groups is 1. The molecule has 0 amide bonds. The molecule has 0 aliphatic heterocycles. The third-order valence-corrected chi connectivity index (χ3v) is 1.62. The maximum absolute atomic E-state index is 10.3. The van der Waals surface area contributed by atoms with Crippen molar-refractivity contribution < 1.29 is 4.79 Å². The van der Waals surface area contributed by atoms with Crippen molar-refractivity contribution in [2.45, 2.75) is 13.8 Å². The first-order valence-corrected chi connectivity index (χ1v) is 3.38. The van der Waals surface area contributed by atoms with Crippen LogP contribution in [0.2, 0.25) is 0 Å². The average Bonchev–Trinajstić information content (AvgIpc) is 2.53. The van der Waals surface area contributed by atoms with Gasteiger partial charge in [0.2, 0.25) is 0 Å². The zero-order chi connectivity index (χ0) is 8.27. The standard InChI is InChI=1S/C8H10N2O/c1-6(5-11)7(2)8-9-3-4-10-8/h3-5H,1-2H3,(H,9,10). The van der Waals surface area contributed by atoms with E-state index in [1.165, 1.54) is 0 Å². The van der Waals surface area contributed by atoms with Gasteiger partial charge in [0.25, 0.3) is 0 Å². The molecule has 11 heavy (non-hydrogen) atoms. The van der Waals surface area contributed by atoms with E-state index in [0.29, 0.717) is 5.57 Å². The highest BCUT2D eigenvalue weighted by Gasteiger charge is 2.00. The highest BCUT2D eigenvalue weighted by Crippen LogP contribution is 2.11. The summed E-state index contributed by atoms with van der Waals surface area (Å²) in [6.45, 7) is 3.63. The van der Waals surface area contributed by atoms with Crippen LogP contribution in [0, 0.1) is 0 Å². The number of rotatable bonds is 2. The number of aromatic amines is 1. The van der Waals surface area contributed by atoms with E-state index in [-0.39, 0.29) is 0 Å². The van der Waals surface area contributed by atoms with E-state index in [4.69, 9.17) is 0 Å². The lowest BCUT2D eigenvalue weighted by Crippen LogP contribution is -1.88. The molecule has 1 rings (SSSR count). The van der Waals surface area contributed by atoms with Crippen LogP contribution in [0.5, 0.6) is 0 Å². The van der Waals surface area contributed by atoms with Crippen molar-refractivity contribution in [3.63, 3.8) is 0 Å². The summed E-state index contributed by atoms with van der Waals surface area (Å²) in [7, 11) is 0. The normalized spacial score (nSPS) is 12.5. The van der Waals surface area contributed by atoms with Crippen LogP contribution in [0.4, 0.5) is 0 Å². The van der Waals surface area contributed by atoms with Crippen molar-refractivity contribution >= 4 is 11.9 Å². The Balaban J connectivity index is 3.02. The van der Waals surface area contributed by atoms with E-state index in [0.717, 1.165) is 17.7 Å². The van der Waals surface area contributed by atoms with E-state index in [9.17, 15) is 4.79 Å². The van der Waals surface area contributed by atoms with E-state index in [1.807, 2.05) is 6.92 Å². The largest absolute Gasteiger partial charge is 0.345 e. The van der Waals surface area contributed by atoms with Gasteiger partial charge in [0, 0.05) is 12.4 Å². The Morgan fingerprint density at radius 3 is 2.82 bits per heavy atom. The second kappa shape index (κ2) is 3.14. The summed E-state index contributed by atoms with van der Waals surface area (Å²) in [5.74, 6) is 0.759. The number of aromatic nitrogens is 2. The zero-order valence-corrected chi connectivity index (χ0v) is 6.59. The second-order valence-corrected chi connectivity index (χ2v) is 2.36. The molecule has 1 heterocycles. The minimum absolute atomic E-state index is 0.708. The Labute approximate surface area is 65.2 Å². The maximum atomic E-state index is 10.3. The molecule has 0 radical (unpaired) electrons. The third-order valence-electron chi connectivity index (χ3n) is 1.62. The molecule has 0 fully saturated rings. The molecule has 0 saturated carbocycles. The molecule has 0 aliphatic carbocycles. The summed E-state index contributed by atoms with van der Waals surface area (Å²) >= 11 is 0. The fraction of sp³-hybridized carbons (Fsp3) is 0.250. The number of hydrogen-bond acceptors (Lipinski definition) is 2. The molecule has 1 aromatic rings. The second-order valence-electron chi connectivity index (χ2n) is 2.36. The molecule has 1 N–H and O–H groups in total. The van der Waals surface area contributed by atoms with Crippen LogP contribution in [0.25, 0.3) is 5.57 Å². The monoisotopic (exact) mass is 150 g/mol. The summed E-state index contributed by atoms with van der Waals surface area (Å²) in [6, 6.07) is 0. The molecule has 0 saturated heterocycles. The van der Waals surface area contributed by atoms with E-state index in [1.54, 1.807) is 19.3 Å². The van der Waals surface area contributed by atoms with Crippen molar-refractivity contribution in [3.05, 3.63) is 23.8 Å². The Morgan fingerprint density at radius 1 is 1.64 bits per heavy atom. The summed E-state index contributed by atoms with van der Waals surface area (Å²) in [4.78, 5) is 17.3. The van der Waals surface area contributed by atoms with E-state index >= 15 is 0 Å². The summed E-state index contributed by atoms with van der Waals surface area (Å²) < 4.78 is 0. The first-order chi connectivity index (χ1) is 5.25. The molecular formula is C8H10N2O. The number of imidazole rings is 1. The molecule has 3 heteroatoms. The highest BCUT2D eigenvalue weighted by atomic mass is 16.1. The Kier molecular flexibility index (Phi) is 2.21. The smallest absolute Gasteiger partial charge is 0.146 e. The molecule has 0 aromatic carbocycles. The van der Waals surface area contributed by atoms with E-state index < -0.39 is 0 Å². The zero-order valence-electron chi connectivity index (χ0n) is 6.59. The van der Waals surface area contributed by atoms with Crippen LogP contribution in [-0.4, -0.2) is 16.3 Å². The number of carbonyl (C=O) groups excluding carboxylic acids is 1. The minimum atomic E-state index is 0.708. The predicted octanol–water partition coefficient (Wildman–Crippen LogP) is 1.40. The predicted molar refractivity (Wildman–Crippen MR) is 42.9 cm³/mol. The lowest BCUT2D eigenvalue weighted by atomic mass is 10.1. The molecule has 0 unspecified atom stereocenters. The van der Waals surface area contributed by atoms with Crippen LogP contribution in [0.1, 0.15) is 19.7 Å². The number of aldehydes is 1. The quantitative estimate of drug-likeness (QED) is 0.511. The van der Waals surface area contributed by atoms with Gasteiger partial charge in [-0.25, -0.2) is 4.98 Å². The average molecular weight is 150 g/mol. The summed E-state index contributed by atoms with van der Waals surface area (Å²) in [5.41, 5.74) is 1.60. The van der Waals surface area contributed by atoms with Gasteiger partial charge in [-0.05, 0) is 25.0 Å². The molecule has 0 atom stereocenters. The maximum Gasteiger partial charge on any atom is 0.146 e. The molecule has 0 bridgehead atoms. The van der Waals surface area contributed by atoms with Crippen molar-refractivity contribution in [1.82, 2.24) is 9.97 Å². The minimum Gasteiger partial charge on any atom is -0.345 e. The van der Waals surface area contributed by atoms with Gasteiger partial charge < -0.3 is 4.98 Å². The molecule has 3 nitrogen and oxygen atoms in total. The van der Waals surface area contributed by atoms with Crippen molar-refractivity contribution in [3.8, 4) is 0 Å². The van der Waals surface area contributed by atoms with Gasteiger partial charge >= 0.3 is 0 Å². The van der Waals surface area contributed by atoms with Gasteiger partial charge in [0.1, 0.15) is 12.1 Å². The van der Waals surface area contributed by atoms with Crippen LogP contribution in [0.3, 0.4) is 0 Å². The van der Waals surface area contributed by atoms with Crippen molar-refractivity contribution in [2.75, 3.05) is 0 Å². The number of nitrogens with one attached hydrogen (secondary N) is 1. The first kappa shape index (κ1) is 7.72. The van der Waals surface area contributed by atoms with Gasteiger partial charge in [-0.2, -0.15) is 0 Å². The fourth-order valence-electron chi connectivity index (χ4n) is 0.746. The van der Waals surface area contributed by atoms with E-state index in [2.05, 4.69) is 9.97 Å². The Bertz CT molecular complexity index is 272. The van der Waals surface area contributed by atoms with Crippen LogP contribution in [-0.2, 0) is 4.79 Å². The molecule has 1 aromatic heterocycles. The lowest BCUT2D eigenvalue weighted by Gasteiger charge is -1.96. The van der Waals surface area contributed by atoms with Crippen molar-refractivity contribution in [2.24, 2.45) is 0 Å². The van der Waals surface area contributed by atoms with Gasteiger partial charge in [-0.1, -0.05) is 0 Å². The SMILES string of the molecule is CC(C=O)=C(C)c1ncc[nH]1. The molecule has 0 aliphatic rings. The lowest BCUT2D eigenvalue weighted by molar-refractivity contribution is -0.104. The van der Waals surface area contributed by atoms with Gasteiger partial charge in [-0.3, -0.25) is 4.79 Å². The van der Waals surface area contributed by atoms with Gasteiger partial charge in [-0.15, -0.1) is 0 Å². The Hall–Kier alpha value is -1.38. The molecule has 0 spiro atoms. The number of allylic oxidation sites excluding steroid dienone is 2. The van der Waals surface area contributed by atoms with Crippen LogP contribution in [0.15, 0.2) is 18.0 Å². The molecule has 58 valence electrons. The van der Waals surface area contributed by atoms with Gasteiger partial charge in [0.05, 0.1) is 0 Å². The topological polar surface area (TPSA) is 45.8 Å². The fourth-order valence-corrected chi connectivity index (χ4v) is 0.746. The van der Waals surface area contributed by atoms with Crippen LogP contribution < -0.4 is 0 Å². The number of hydrogen-bond donors (Lipinski definition) is 1.